The molecule has 1 fully saturated rings. The summed E-state index contributed by atoms with van der Waals surface area (Å²) in [5, 5.41) is 5.41. The minimum Gasteiger partial charge on any atom is -0.379 e. The third kappa shape index (κ3) is 3.06. The van der Waals surface area contributed by atoms with Crippen molar-refractivity contribution in [2.24, 2.45) is 0 Å². The van der Waals surface area contributed by atoms with Gasteiger partial charge in [0.2, 0.25) is 0 Å². The molecule has 3 aromatic heterocycles. The van der Waals surface area contributed by atoms with E-state index in [1.165, 1.54) is 0 Å². The zero-order valence-corrected chi connectivity index (χ0v) is 12.8. The zero-order chi connectivity index (χ0) is 15.5. The van der Waals surface area contributed by atoms with Gasteiger partial charge in [-0.1, -0.05) is 0 Å². The van der Waals surface area contributed by atoms with Crippen LogP contribution >= 0.6 is 0 Å². The van der Waals surface area contributed by atoms with Gasteiger partial charge < -0.3 is 4.74 Å². The molecule has 0 N–H and O–H groups in total. The number of ether oxygens (including phenoxy) is 1. The van der Waals surface area contributed by atoms with E-state index in [0.29, 0.717) is 5.82 Å². The Kier molecular flexibility index (Phi) is 3.95. The summed E-state index contributed by atoms with van der Waals surface area (Å²) >= 11 is 0. The predicted molar refractivity (Wildman–Crippen MR) is 85.8 cm³/mol. The maximum Gasteiger partial charge on any atom is 0.163 e. The molecule has 1 saturated heterocycles. The van der Waals surface area contributed by atoms with Crippen LogP contribution in [0.1, 0.15) is 0 Å². The summed E-state index contributed by atoms with van der Waals surface area (Å²) in [4.78, 5) is 15.6. The topological polar surface area (TPSA) is 69.0 Å². The van der Waals surface area contributed by atoms with E-state index in [2.05, 4.69) is 25.0 Å². The van der Waals surface area contributed by atoms with Gasteiger partial charge in [0.05, 0.1) is 31.3 Å². The molecule has 7 nitrogen and oxygen atoms in total. The Balaban J connectivity index is 1.57. The molecular formula is C16H18N6O. The van der Waals surface area contributed by atoms with Gasteiger partial charge in [0.1, 0.15) is 0 Å². The summed E-state index contributed by atoms with van der Waals surface area (Å²) in [6.45, 7) is 5.35. The molecular weight excluding hydrogens is 292 g/mol. The Morgan fingerprint density at radius 1 is 1.09 bits per heavy atom. The van der Waals surface area contributed by atoms with Gasteiger partial charge >= 0.3 is 0 Å². The highest BCUT2D eigenvalue weighted by Gasteiger charge is 2.12. The summed E-state index contributed by atoms with van der Waals surface area (Å²) in [5.74, 6) is 0.679. The fraction of sp³-hybridized carbons (Fsp3) is 0.375. The van der Waals surface area contributed by atoms with Crippen molar-refractivity contribution in [2.45, 2.75) is 6.54 Å². The van der Waals surface area contributed by atoms with Gasteiger partial charge in [-0.3, -0.25) is 9.88 Å². The number of hydrogen-bond acceptors (Lipinski definition) is 6. The van der Waals surface area contributed by atoms with Crippen LogP contribution in [0.5, 0.6) is 0 Å². The fourth-order valence-corrected chi connectivity index (χ4v) is 2.73. The van der Waals surface area contributed by atoms with E-state index in [1.54, 1.807) is 12.4 Å². The quantitative estimate of drug-likeness (QED) is 0.722. The van der Waals surface area contributed by atoms with Crippen LogP contribution in [0.25, 0.3) is 22.4 Å². The van der Waals surface area contributed by atoms with Crippen LogP contribution in [-0.2, 0) is 11.3 Å². The number of nitrogens with zero attached hydrogens (tertiary/aromatic N) is 6. The number of aromatic nitrogens is 5. The molecule has 4 rings (SSSR count). The van der Waals surface area contributed by atoms with Crippen molar-refractivity contribution in [3.8, 4) is 11.4 Å². The van der Waals surface area contributed by atoms with E-state index in [-0.39, 0.29) is 0 Å². The van der Waals surface area contributed by atoms with E-state index in [9.17, 15) is 0 Å². The van der Waals surface area contributed by atoms with Gasteiger partial charge in [-0.05, 0) is 12.1 Å². The lowest BCUT2D eigenvalue weighted by Gasteiger charge is -2.26. The third-order valence-corrected chi connectivity index (χ3v) is 4.03. The van der Waals surface area contributed by atoms with Crippen molar-refractivity contribution in [1.82, 2.24) is 29.6 Å². The molecule has 0 saturated carbocycles. The van der Waals surface area contributed by atoms with Crippen molar-refractivity contribution in [1.29, 1.82) is 0 Å². The normalized spacial score (nSPS) is 16.0. The molecule has 3 aromatic rings. The fourth-order valence-electron chi connectivity index (χ4n) is 2.73. The molecule has 0 amide bonds. The molecule has 0 unspecified atom stereocenters. The van der Waals surface area contributed by atoms with Crippen LogP contribution in [0, 0.1) is 0 Å². The molecule has 0 atom stereocenters. The minimum absolute atomic E-state index is 0.679. The average Bonchev–Trinajstić information content (AvgIpc) is 3.04. The van der Waals surface area contributed by atoms with Crippen LogP contribution in [0.4, 0.5) is 0 Å². The highest BCUT2D eigenvalue weighted by Crippen LogP contribution is 2.17. The van der Waals surface area contributed by atoms with Gasteiger partial charge in [-0.2, -0.15) is 5.10 Å². The minimum atomic E-state index is 0.679. The van der Waals surface area contributed by atoms with Gasteiger partial charge in [0.25, 0.3) is 0 Å². The highest BCUT2D eigenvalue weighted by molar-refractivity contribution is 5.75. The second kappa shape index (κ2) is 6.39. The largest absolute Gasteiger partial charge is 0.379 e. The lowest BCUT2D eigenvalue weighted by atomic mass is 10.2. The molecule has 0 bridgehead atoms. The Morgan fingerprint density at radius 2 is 2.00 bits per heavy atom. The summed E-state index contributed by atoms with van der Waals surface area (Å²) in [7, 11) is 0. The monoisotopic (exact) mass is 310 g/mol. The summed E-state index contributed by atoms with van der Waals surface area (Å²) in [5.41, 5.74) is 1.78. The highest BCUT2D eigenvalue weighted by atomic mass is 16.5. The maximum atomic E-state index is 5.38. The second-order valence-corrected chi connectivity index (χ2v) is 5.54. The zero-order valence-electron chi connectivity index (χ0n) is 12.8. The van der Waals surface area contributed by atoms with Crippen LogP contribution in [-0.4, -0.2) is 62.5 Å². The average molecular weight is 310 g/mol. The predicted octanol–water partition coefficient (Wildman–Crippen LogP) is 1.22. The number of morpholine rings is 1. The van der Waals surface area contributed by atoms with Crippen molar-refractivity contribution >= 4 is 11.0 Å². The SMILES string of the molecule is c1cncc(-c2ncc3cnn(CCN4CCOCC4)c3n2)c1. The number of rotatable bonds is 4. The van der Waals surface area contributed by atoms with Crippen LogP contribution < -0.4 is 0 Å². The smallest absolute Gasteiger partial charge is 0.163 e. The van der Waals surface area contributed by atoms with Crippen LogP contribution in [0.2, 0.25) is 0 Å². The third-order valence-electron chi connectivity index (χ3n) is 4.03. The van der Waals surface area contributed by atoms with E-state index >= 15 is 0 Å². The first-order valence-corrected chi connectivity index (χ1v) is 7.79. The van der Waals surface area contributed by atoms with Crippen LogP contribution in [0.3, 0.4) is 0 Å². The molecule has 0 aromatic carbocycles. The molecule has 1 aliphatic rings. The van der Waals surface area contributed by atoms with E-state index in [1.807, 2.05) is 29.2 Å². The molecule has 0 radical (unpaired) electrons. The van der Waals surface area contributed by atoms with Crippen molar-refractivity contribution in [3.63, 3.8) is 0 Å². The molecule has 7 heteroatoms. The van der Waals surface area contributed by atoms with E-state index in [4.69, 9.17) is 4.74 Å². The maximum absolute atomic E-state index is 5.38. The van der Waals surface area contributed by atoms with Gasteiger partial charge in [0, 0.05) is 43.8 Å². The Bertz CT molecular complexity index is 782. The second-order valence-electron chi connectivity index (χ2n) is 5.54. The number of pyridine rings is 1. The van der Waals surface area contributed by atoms with Gasteiger partial charge in [-0.25, -0.2) is 14.6 Å². The van der Waals surface area contributed by atoms with Crippen LogP contribution in [0.15, 0.2) is 36.9 Å². The Morgan fingerprint density at radius 3 is 2.83 bits per heavy atom. The molecule has 4 heterocycles. The summed E-state index contributed by atoms with van der Waals surface area (Å²) in [6, 6.07) is 3.85. The Labute approximate surface area is 133 Å². The van der Waals surface area contributed by atoms with Crippen molar-refractivity contribution in [3.05, 3.63) is 36.9 Å². The first-order valence-electron chi connectivity index (χ1n) is 7.79. The first kappa shape index (κ1) is 14.2. The Hall–Kier alpha value is -2.38. The van der Waals surface area contributed by atoms with Gasteiger partial charge in [-0.15, -0.1) is 0 Å². The number of hydrogen-bond donors (Lipinski definition) is 0. The molecule has 23 heavy (non-hydrogen) atoms. The molecule has 0 spiro atoms. The summed E-state index contributed by atoms with van der Waals surface area (Å²) in [6.07, 6.45) is 7.16. The standard InChI is InChI=1S/C16H18N6O/c1-2-13(10-17-3-1)15-18-11-14-12-19-22(16(14)20-15)5-4-21-6-8-23-9-7-21/h1-3,10-12H,4-9H2. The number of fused-ring (bicyclic) bond motifs is 1. The summed E-state index contributed by atoms with van der Waals surface area (Å²) < 4.78 is 7.33. The van der Waals surface area contributed by atoms with E-state index in [0.717, 1.165) is 56.0 Å². The molecule has 1 aliphatic heterocycles. The van der Waals surface area contributed by atoms with Crippen molar-refractivity contribution < 1.29 is 4.74 Å². The van der Waals surface area contributed by atoms with Crippen molar-refractivity contribution in [2.75, 3.05) is 32.8 Å². The van der Waals surface area contributed by atoms with Gasteiger partial charge in [0.15, 0.2) is 11.5 Å². The first-order chi connectivity index (χ1) is 11.4. The molecule has 118 valence electrons. The van der Waals surface area contributed by atoms with E-state index < -0.39 is 0 Å². The lowest BCUT2D eigenvalue weighted by molar-refractivity contribution is 0.0361. The lowest BCUT2D eigenvalue weighted by Crippen LogP contribution is -2.38. The molecule has 0 aliphatic carbocycles.